The summed E-state index contributed by atoms with van der Waals surface area (Å²) in [6, 6.07) is 0. The molecule has 3 rings (SSSR count). The highest BCUT2D eigenvalue weighted by Crippen LogP contribution is 2.43. The van der Waals surface area contributed by atoms with Crippen LogP contribution in [-0.4, -0.2) is 48.0 Å². The van der Waals surface area contributed by atoms with Crippen LogP contribution in [-0.2, 0) is 24.2 Å². The summed E-state index contributed by atoms with van der Waals surface area (Å²) in [5, 5.41) is 15.6. The standard InChI is InChI=1S/C18H32N6O.HI/c1-19-17(21-14-18(8-6-9-18)10-12-25-2)20-13-16-23-22-15-7-4-3-5-11-24(15)16;/h3-14H2,1-2H3,(H2,19,20,21);1H. The Hall–Kier alpha value is -0.900. The highest BCUT2D eigenvalue weighted by atomic mass is 127. The number of guanidine groups is 1. The highest BCUT2D eigenvalue weighted by molar-refractivity contribution is 14.0. The molecule has 0 bridgehead atoms. The summed E-state index contributed by atoms with van der Waals surface area (Å²) in [6.07, 6.45) is 9.75. The first-order valence-electron chi connectivity index (χ1n) is 9.61. The first-order valence-corrected chi connectivity index (χ1v) is 9.61. The Morgan fingerprint density at radius 1 is 1.19 bits per heavy atom. The minimum Gasteiger partial charge on any atom is -0.385 e. The lowest BCUT2D eigenvalue weighted by Gasteiger charge is -2.42. The van der Waals surface area contributed by atoms with E-state index in [1.807, 2.05) is 7.05 Å². The van der Waals surface area contributed by atoms with Crippen molar-refractivity contribution < 1.29 is 4.74 Å². The van der Waals surface area contributed by atoms with E-state index < -0.39 is 0 Å². The molecule has 0 saturated heterocycles. The van der Waals surface area contributed by atoms with Gasteiger partial charge in [-0.3, -0.25) is 4.99 Å². The first kappa shape index (κ1) is 21.4. The fourth-order valence-electron chi connectivity index (χ4n) is 3.84. The molecule has 1 aliphatic heterocycles. The quantitative estimate of drug-likeness (QED) is 0.360. The van der Waals surface area contributed by atoms with Crippen LogP contribution in [0.2, 0.25) is 0 Å². The monoisotopic (exact) mass is 476 g/mol. The van der Waals surface area contributed by atoms with Crippen LogP contribution < -0.4 is 10.6 Å². The van der Waals surface area contributed by atoms with Gasteiger partial charge in [0.05, 0.1) is 6.54 Å². The molecule has 0 atom stereocenters. The molecule has 1 saturated carbocycles. The number of halogens is 1. The molecule has 8 heteroatoms. The molecule has 26 heavy (non-hydrogen) atoms. The van der Waals surface area contributed by atoms with E-state index in [2.05, 4.69) is 30.4 Å². The molecule has 2 N–H and O–H groups in total. The van der Waals surface area contributed by atoms with Crippen molar-refractivity contribution >= 4 is 29.9 Å². The van der Waals surface area contributed by atoms with Gasteiger partial charge in [0.25, 0.3) is 0 Å². The van der Waals surface area contributed by atoms with Crippen LogP contribution in [0.5, 0.6) is 0 Å². The molecule has 1 fully saturated rings. The average Bonchev–Trinajstić information content (AvgIpc) is 2.83. The largest absolute Gasteiger partial charge is 0.385 e. The normalized spacial score (nSPS) is 18.9. The van der Waals surface area contributed by atoms with Crippen LogP contribution in [0, 0.1) is 5.41 Å². The second kappa shape index (κ2) is 10.4. The number of aromatic nitrogens is 3. The van der Waals surface area contributed by atoms with E-state index in [4.69, 9.17) is 4.74 Å². The van der Waals surface area contributed by atoms with Crippen molar-refractivity contribution in [2.75, 3.05) is 27.3 Å². The summed E-state index contributed by atoms with van der Waals surface area (Å²) in [4.78, 5) is 4.37. The number of aliphatic imine (C=N–C) groups is 1. The predicted molar refractivity (Wildman–Crippen MR) is 114 cm³/mol. The maximum atomic E-state index is 5.27. The van der Waals surface area contributed by atoms with Crippen LogP contribution in [0.1, 0.15) is 56.6 Å². The lowest BCUT2D eigenvalue weighted by Crippen LogP contribution is -2.46. The molecule has 148 valence electrons. The zero-order valence-corrected chi connectivity index (χ0v) is 18.4. The minimum absolute atomic E-state index is 0. The number of ether oxygens (including phenoxy) is 1. The third kappa shape index (κ3) is 5.31. The molecule has 0 radical (unpaired) electrons. The van der Waals surface area contributed by atoms with Gasteiger partial charge in [-0.15, -0.1) is 34.2 Å². The molecule has 0 aromatic carbocycles. The lowest BCUT2D eigenvalue weighted by atomic mass is 9.67. The number of hydrogen-bond acceptors (Lipinski definition) is 4. The minimum atomic E-state index is 0. The van der Waals surface area contributed by atoms with Gasteiger partial charge < -0.3 is 19.9 Å². The van der Waals surface area contributed by atoms with Crippen LogP contribution in [0.25, 0.3) is 0 Å². The van der Waals surface area contributed by atoms with Gasteiger partial charge >= 0.3 is 0 Å². The van der Waals surface area contributed by atoms with E-state index in [0.29, 0.717) is 12.0 Å². The zero-order chi connectivity index (χ0) is 17.5. The van der Waals surface area contributed by atoms with E-state index in [1.54, 1.807) is 7.11 Å². The Morgan fingerprint density at radius 3 is 2.73 bits per heavy atom. The van der Waals surface area contributed by atoms with Gasteiger partial charge in [-0.05, 0) is 37.5 Å². The molecule has 0 spiro atoms. The maximum absolute atomic E-state index is 5.27. The van der Waals surface area contributed by atoms with Crippen molar-refractivity contribution in [3.8, 4) is 0 Å². The van der Waals surface area contributed by atoms with Gasteiger partial charge in [-0.25, -0.2) is 0 Å². The number of nitrogens with one attached hydrogen (secondary N) is 2. The molecular weight excluding hydrogens is 443 g/mol. The Kier molecular flexibility index (Phi) is 8.59. The number of aryl methyl sites for hydroxylation is 1. The van der Waals surface area contributed by atoms with Crippen molar-refractivity contribution in [1.29, 1.82) is 0 Å². The van der Waals surface area contributed by atoms with Crippen molar-refractivity contribution in [1.82, 2.24) is 25.4 Å². The Bertz CT molecular complexity index is 584. The summed E-state index contributed by atoms with van der Waals surface area (Å²) in [7, 11) is 3.60. The fourth-order valence-corrected chi connectivity index (χ4v) is 3.84. The van der Waals surface area contributed by atoms with Gasteiger partial charge in [-0.2, -0.15) is 0 Å². The summed E-state index contributed by atoms with van der Waals surface area (Å²) in [5.74, 6) is 2.98. The molecule has 1 aliphatic carbocycles. The van der Waals surface area contributed by atoms with Gasteiger partial charge in [0.15, 0.2) is 11.8 Å². The van der Waals surface area contributed by atoms with E-state index in [-0.39, 0.29) is 24.0 Å². The van der Waals surface area contributed by atoms with Crippen molar-refractivity contribution in [3.63, 3.8) is 0 Å². The number of rotatable bonds is 7. The number of nitrogens with zero attached hydrogens (tertiary/aromatic N) is 4. The van der Waals surface area contributed by atoms with Crippen molar-refractivity contribution in [3.05, 3.63) is 11.6 Å². The maximum Gasteiger partial charge on any atom is 0.191 e. The number of hydrogen-bond donors (Lipinski definition) is 2. The molecular formula is C18H33IN6O. The molecule has 2 heterocycles. The summed E-state index contributed by atoms with van der Waals surface area (Å²) in [6.45, 7) is 3.48. The van der Waals surface area contributed by atoms with Crippen LogP contribution in [0.4, 0.5) is 0 Å². The Labute approximate surface area is 173 Å². The van der Waals surface area contributed by atoms with Gasteiger partial charge in [0.2, 0.25) is 0 Å². The second-order valence-corrected chi connectivity index (χ2v) is 7.37. The van der Waals surface area contributed by atoms with Gasteiger partial charge in [0.1, 0.15) is 5.82 Å². The summed E-state index contributed by atoms with van der Waals surface area (Å²) >= 11 is 0. The number of fused-ring (bicyclic) bond motifs is 1. The Morgan fingerprint density at radius 2 is 2.04 bits per heavy atom. The number of methoxy groups -OCH3 is 1. The first-order chi connectivity index (χ1) is 12.3. The highest BCUT2D eigenvalue weighted by Gasteiger charge is 2.36. The van der Waals surface area contributed by atoms with Crippen LogP contribution in [0.3, 0.4) is 0 Å². The molecule has 0 amide bonds. The fraction of sp³-hybridized carbons (Fsp3) is 0.833. The molecule has 1 aromatic heterocycles. The second-order valence-electron chi connectivity index (χ2n) is 7.37. The van der Waals surface area contributed by atoms with E-state index in [0.717, 1.165) is 50.1 Å². The van der Waals surface area contributed by atoms with Crippen LogP contribution in [0.15, 0.2) is 4.99 Å². The van der Waals surface area contributed by atoms with E-state index in [9.17, 15) is 0 Å². The van der Waals surface area contributed by atoms with Gasteiger partial charge in [0, 0.05) is 40.3 Å². The van der Waals surface area contributed by atoms with E-state index >= 15 is 0 Å². The van der Waals surface area contributed by atoms with E-state index in [1.165, 1.54) is 38.5 Å². The van der Waals surface area contributed by atoms with Gasteiger partial charge in [-0.1, -0.05) is 12.8 Å². The lowest BCUT2D eigenvalue weighted by molar-refractivity contribution is 0.0732. The summed E-state index contributed by atoms with van der Waals surface area (Å²) < 4.78 is 7.55. The van der Waals surface area contributed by atoms with Crippen molar-refractivity contribution in [2.45, 2.75) is 64.5 Å². The smallest absolute Gasteiger partial charge is 0.191 e. The predicted octanol–water partition coefficient (Wildman–Crippen LogP) is 2.49. The Balaban J connectivity index is 0.00000243. The SMILES string of the molecule is CN=C(NCc1nnc2n1CCCCC2)NCC1(CCOC)CCC1.I. The average molecular weight is 476 g/mol. The third-order valence-corrected chi connectivity index (χ3v) is 5.71. The van der Waals surface area contributed by atoms with Crippen molar-refractivity contribution in [2.24, 2.45) is 10.4 Å². The molecule has 2 aliphatic rings. The summed E-state index contributed by atoms with van der Waals surface area (Å²) in [5.41, 5.74) is 0.375. The molecule has 7 nitrogen and oxygen atoms in total. The van der Waals surface area contributed by atoms with Crippen LogP contribution >= 0.6 is 24.0 Å². The topological polar surface area (TPSA) is 76.4 Å². The zero-order valence-electron chi connectivity index (χ0n) is 16.1. The molecule has 1 aromatic rings. The third-order valence-electron chi connectivity index (χ3n) is 5.71. The molecule has 0 unspecified atom stereocenters.